The summed E-state index contributed by atoms with van der Waals surface area (Å²) in [6, 6.07) is 2.05. The maximum atomic E-state index is 11.7. The first-order chi connectivity index (χ1) is 8.04. The fraction of sp³-hybridized carbons (Fsp3) is 0.500. The van der Waals surface area contributed by atoms with Crippen molar-refractivity contribution in [3.8, 4) is 0 Å². The first-order valence-electron chi connectivity index (χ1n) is 5.84. The van der Waals surface area contributed by atoms with Crippen molar-refractivity contribution in [2.24, 2.45) is 11.7 Å². The number of aromatic nitrogens is 3. The molecule has 2 aromatic rings. The van der Waals surface area contributed by atoms with E-state index < -0.39 is 0 Å². The lowest BCUT2D eigenvalue weighted by atomic mass is 10.1. The van der Waals surface area contributed by atoms with Gasteiger partial charge in [0.15, 0.2) is 0 Å². The molecule has 0 aliphatic rings. The van der Waals surface area contributed by atoms with E-state index in [9.17, 15) is 4.79 Å². The van der Waals surface area contributed by atoms with Gasteiger partial charge in [-0.05, 0) is 18.9 Å². The standard InChI is InChI=1S/C12H18N4O/c1-7(2)8(3)16-11-10(6-14-16)4-9(5-13)12(17)15-11/h4,6-8H,5,13H2,1-3H3,(H,15,17). The zero-order valence-electron chi connectivity index (χ0n) is 10.4. The third kappa shape index (κ3) is 1.98. The topological polar surface area (TPSA) is 76.7 Å². The van der Waals surface area contributed by atoms with Crippen molar-refractivity contribution in [3.63, 3.8) is 0 Å². The van der Waals surface area contributed by atoms with E-state index in [-0.39, 0.29) is 18.1 Å². The summed E-state index contributed by atoms with van der Waals surface area (Å²) in [5, 5.41) is 5.27. The molecule has 1 unspecified atom stereocenters. The second kappa shape index (κ2) is 4.33. The molecule has 5 nitrogen and oxygen atoms in total. The Kier molecular flexibility index (Phi) is 3.02. The van der Waals surface area contributed by atoms with Gasteiger partial charge in [0, 0.05) is 17.5 Å². The van der Waals surface area contributed by atoms with Gasteiger partial charge in [0.25, 0.3) is 5.56 Å². The minimum atomic E-state index is -0.127. The third-order valence-corrected chi connectivity index (χ3v) is 3.25. The van der Waals surface area contributed by atoms with Crippen LogP contribution in [0, 0.1) is 5.92 Å². The minimum absolute atomic E-state index is 0.127. The minimum Gasteiger partial charge on any atom is -0.326 e. The number of rotatable bonds is 3. The van der Waals surface area contributed by atoms with Gasteiger partial charge in [0.1, 0.15) is 5.65 Å². The molecule has 0 saturated carbocycles. The molecule has 2 heterocycles. The fourth-order valence-electron chi connectivity index (χ4n) is 1.79. The molecule has 0 spiro atoms. The van der Waals surface area contributed by atoms with E-state index in [0.29, 0.717) is 11.5 Å². The molecule has 5 heteroatoms. The zero-order valence-corrected chi connectivity index (χ0v) is 10.4. The molecule has 92 valence electrons. The summed E-state index contributed by atoms with van der Waals surface area (Å²) in [7, 11) is 0. The summed E-state index contributed by atoms with van der Waals surface area (Å²) >= 11 is 0. The summed E-state index contributed by atoms with van der Waals surface area (Å²) in [6.45, 7) is 6.59. The number of fused-ring (bicyclic) bond motifs is 1. The Bertz CT molecular complexity index is 582. The lowest BCUT2D eigenvalue weighted by molar-refractivity contribution is 0.383. The van der Waals surface area contributed by atoms with Crippen LogP contribution < -0.4 is 11.3 Å². The Labute approximate surface area is 99.6 Å². The Morgan fingerprint density at radius 3 is 2.76 bits per heavy atom. The maximum absolute atomic E-state index is 11.7. The van der Waals surface area contributed by atoms with E-state index in [1.165, 1.54) is 0 Å². The summed E-state index contributed by atoms with van der Waals surface area (Å²) in [6.07, 6.45) is 1.77. The SMILES string of the molecule is CC(C)C(C)n1ncc2cc(CN)c(=O)[nH]c21. The van der Waals surface area contributed by atoms with Crippen molar-refractivity contribution in [1.29, 1.82) is 0 Å². The Morgan fingerprint density at radius 2 is 2.18 bits per heavy atom. The summed E-state index contributed by atoms with van der Waals surface area (Å²) in [4.78, 5) is 14.6. The summed E-state index contributed by atoms with van der Waals surface area (Å²) in [5.74, 6) is 0.454. The molecule has 2 rings (SSSR count). The van der Waals surface area contributed by atoms with Crippen LogP contribution in [0.5, 0.6) is 0 Å². The number of nitrogens with zero attached hydrogens (tertiary/aromatic N) is 2. The van der Waals surface area contributed by atoms with Gasteiger partial charge in [-0.15, -0.1) is 0 Å². The number of nitrogens with two attached hydrogens (primary N) is 1. The highest BCUT2D eigenvalue weighted by Gasteiger charge is 2.14. The molecule has 0 aliphatic heterocycles. The molecule has 3 N–H and O–H groups in total. The van der Waals surface area contributed by atoms with Crippen LogP contribution in [-0.4, -0.2) is 14.8 Å². The summed E-state index contributed by atoms with van der Waals surface area (Å²) < 4.78 is 1.86. The first kappa shape index (κ1) is 11.9. The average Bonchev–Trinajstić information content (AvgIpc) is 2.69. The highest BCUT2D eigenvalue weighted by molar-refractivity contribution is 5.75. The number of pyridine rings is 1. The van der Waals surface area contributed by atoms with Gasteiger partial charge >= 0.3 is 0 Å². The van der Waals surface area contributed by atoms with Crippen molar-refractivity contribution >= 4 is 11.0 Å². The molecular weight excluding hydrogens is 216 g/mol. The molecule has 0 amide bonds. The molecule has 0 fully saturated rings. The molecule has 1 atom stereocenters. The normalized spacial score (nSPS) is 13.5. The summed E-state index contributed by atoms with van der Waals surface area (Å²) in [5.41, 5.74) is 6.75. The van der Waals surface area contributed by atoms with Crippen LogP contribution >= 0.6 is 0 Å². The average molecular weight is 234 g/mol. The van der Waals surface area contributed by atoms with Crippen LogP contribution in [0.1, 0.15) is 32.4 Å². The number of nitrogens with one attached hydrogen (secondary N) is 1. The Balaban J connectivity index is 2.62. The van der Waals surface area contributed by atoms with Gasteiger partial charge < -0.3 is 10.7 Å². The van der Waals surface area contributed by atoms with E-state index in [4.69, 9.17) is 5.73 Å². The van der Waals surface area contributed by atoms with Gasteiger partial charge in [-0.25, -0.2) is 4.68 Å². The third-order valence-electron chi connectivity index (χ3n) is 3.25. The number of hydrogen-bond acceptors (Lipinski definition) is 3. The zero-order chi connectivity index (χ0) is 12.6. The lowest BCUT2D eigenvalue weighted by Gasteiger charge is -2.16. The second-order valence-corrected chi connectivity index (χ2v) is 4.71. The van der Waals surface area contributed by atoms with Gasteiger partial charge in [-0.3, -0.25) is 4.79 Å². The van der Waals surface area contributed by atoms with Crippen LogP contribution in [0.3, 0.4) is 0 Å². The monoisotopic (exact) mass is 234 g/mol. The molecule has 0 aliphatic carbocycles. The van der Waals surface area contributed by atoms with Crippen molar-refractivity contribution in [1.82, 2.24) is 14.8 Å². The van der Waals surface area contributed by atoms with E-state index in [1.807, 2.05) is 10.7 Å². The number of aromatic amines is 1. The predicted molar refractivity (Wildman–Crippen MR) is 67.8 cm³/mol. The maximum Gasteiger partial charge on any atom is 0.254 e. The van der Waals surface area contributed by atoms with Crippen molar-refractivity contribution < 1.29 is 0 Å². The molecule has 0 aromatic carbocycles. The van der Waals surface area contributed by atoms with Gasteiger partial charge in [0.05, 0.1) is 12.2 Å². The second-order valence-electron chi connectivity index (χ2n) is 4.71. The fourth-order valence-corrected chi connectivity index (χ4v) is 1.79. The Morgan fingerprint density at radius 1 is 1.47 bits per heavy atom. The Hall–Kier alpha value is -1.62. The van der Waals surface area contributed by atoms with Crippen molar-refractivity contribution in [2.75, 3.05) is 0 Å². The molecule has 0 saturated heterocycles. The largest absolute Gasteiger partial charge is 0.326 e. The molecule has 17 heavy (non-hydrogen) atoms. The molecular formula is C12H18N4O. The predicted octanol–water partition coefficient (Wildman–Crippen LogP) is 1.40. The molecule has 0 bridgehead atoms. The lowest BCUT2D eigenvalue weighted by Crippen LogP contribution is -2.19. The van der Waals surface area contributed by atoms with Crippen LogP contribution in [0.4, 0.5) is 0 Å². The first-order valence-corrected chi connectivity index (χ1v) is 5.84. The number of hydrogen-bond donors (Lipinski definition) is 2. The van der Waals surface area contributed by atoms with Crippen LogP contribution in [0.25, 0.3) is 11.0 Å². The van der Waals surface area contributed by atoms with E-state index >= 15 is 0 Å². The van der Waals surface area contributed by atoms with E-state index in [2.05, 4.69) is 30.9 Å². The van der Waals surface area contributed by atoms with Gasteiger partial charge in [-0.1, -0.05) is 13.8 Å². The molecule has 2 aromatic heterocycles. The van der Waals surface area contributed by atoms with Crippen LogP contribution in [0.2, 0.25) is 0 Å². The molecule has 0 radical (unpaired) electrons. The van der Waals surface area contributed by atoms with Crippen molar-refractivity contribution in [2.45, 2.75) is 33.4 Å². The number of H-pyrrole nitrogens is 1. The van der Waals surface area contributed by atoms with Gasteiger partial charge in [-0.2, -0.15) is 5.10 Å². The smallest absolute Gasteiger partial charge is 0.254 e. The van der Waals surface area contributed by atoms with E-state index in [1.54, 1.807) is 6.20 Å². The van der Waals surface area contributed by atoms with Crippen LogP contribution in [-0.2, 0) is 6.54 Å². The highest BCUT2D eigenvalue weighted by Crippen LogP contribution is 2.20. The van der Waals surface area contributed by atoms with E-state index in [0.717, 1.165) is 11.0 Å². The highest BCUT2D eigenvalue weighted by atomic mass is 16.1. The van der Waals surface area contributed by atoms with Crippen molar-refractivity contribution in [3.05, 3.63) is 28.2 Å². The van der Waals surface area contributed by atoms with Gasteiger partial charge in [0.2, 0.25) is 0 Å². The van der Waals surface area contributed by atoms with Crippen LogP contribution in [0.15, 0.2) is 17.1 Å². The quantitative estimate of drug-likeness (QED) is 0.842.